The predicted octanol–water partition coefficient (Wildman–Crippen LogP) is 0.328. The van der Waals surface area contributed by atoms with Crippen LogP contribution in [0.15, 0.2) is 9.00 Å². The summed E-state index contributed by atoms with van der Waals surface area (Å²) in [6.45, 7) is 1.54. The molecule has 0 radical (unpaired) electrons. The Bertz CT molecular complexity index is 581. The molecule has 102 valence electrons. The van der Waals surface area contributed by atoms with Gasteiger partial charge in [0.25, 0.3) is 10.0 Å². The number of aliphatic hydroxyl groups is 1. The second-order valence-electron chi connectivity index (χ2n) is 4.68. The molecule has 1 aromatic rings. The third kappa shape index (κ3) is 2.82. The van der Waals surface area contributed by atoms with Gasteiger partial charge in [-0.15, -0.1) is 0 Å². The van der Waals surface area contributed by atoms with Gasteiger partial charge >= 0.3 is 4.87 Å². The maximum Gasteiger partial charge on any atom is 0.305 e. The average molecular weight is 292 g/mol. The van der Waals surface area contributed by atoms with Gasteiger partial charge in [-0.05, 0) is 19.8 Å². The van der Waals surface area contributed by atoms with Crippen molar-refractivity contribution in [1.82, 2.24) is 9.71 Å². The summed E-state index contributed by atoms with van der Waals surface area (Å²) < 4.78 is 26.4. The predicted molar refractivity (Wildman–Crippen MR) is 68.3 cm³/mol. The molecule has 0 atom stereocenters. The van der Waals surface area contributed by atoms with Gasteiger partial charge in [-0.3, -0.25) is 4.79 Å². The molecule has 6 nitrogen and oxygen atoms in total. The molecule has 1 fully saturated rings. The number of aromatic nitrogens is 1. The zero-order valence-electron chi connectivity index (χ0n) is 10.0. The fourth-order valence-electron chi connectivity index (χ4n) is 2.15. The van der Waals surface area contributed by atoms with E-state index in [4.69, 9.17) is 0 Å². The van der Waals surface area contributed by atoms with E-state index in [0.29, 0.717) is 29.9 Å². The van der Waals surface area contributed by atoms with E-state index in [9.17, 15) is 18.3 Å². The zero-order chi connectivity index (χ0) is 13.4. The number of thiazole rings is 1. The number of H-pyrrole nitrogens is 1. The molecule has 1 aliphatic rings. The van der Waals surface area contributed by atoms with E-state index in [1.54, 1.807) is 0 Å². The maximum atomic E-state index is 12.0. The number of hydrogen-bond donors (Lipinski definition) is 3. The van der Waals surface area contributed by atoms with E-state index in [1.165, 1.54) is 6.92 Å². The highest BCUT2D eigenvalue weighted by Gasteiger charge is 2.33. The highest BCUT2D eigenvalue weighted by Crippen LogP contribution is 2.29. The first-order valence-electron chi connectivity index (χ1n) is 5.74. The maximum absolute atomic E-state index is 12.0. The number of aromatic amines is 1. The summed E-state index contributed by atoms with van der Waals surface area (Å²) in [6.07, 6.45) is 3.04. The molecule has 0 aliphatic heterocycles. The van der Waals surface area contributed by atoms with Crippen LogP contribution in [0.1, 0.15) is 31.4 Å². The molecule has 0 amide bonds. The first kappa shape index (κ1) is 13.7. The molecule has 0 unspecified atom stereocenters. The van der Waals surface area contributed by atoms with Crippen LogP contribution < -0.4 is 9.60 Å². The Morgan fingerprint density at radius 1 is 1.44 bits per heavy atom. The van der Waals surface area contributed by atoms with Crippen LogP contribution in [-0.2, 0) is 10.0 Å². The largest absolute Gasteiger partial charge is 0.389 e. The summed E-state index contributed by atoms with van der Waals surface area (Å²) in [6, 6.07) is 0. The van der Waals surface area contributed by atoms with Gasteiger partial charge in [0.1, 0.15) is 0 Å². The lowest BCUT2D eigenvalue weighted by Gasteiger charge is -2.22. The summed E-state index contributed by atoms with van der Waals surface area (Å²) >= 11 is 0.659. The minimum Gasteiger partial charge on any atom is -0.389 e. The monoisotopic (exact) mass is 292 g/mol. The van der Waals surface area contributed by atoms with Crippen molar-refractivity contribution in [2.45, 2.75) is 42.4 Å². The Morgan fingerprint density at radius 2 is 2.06 bits per heavy atom. The van der Waals surface area contributed by atoms with Crippen LogP contribution in [0, 0.1) is 6.92 Å². The number of nitrogens with one attached hydrogen (secondary N) is 2. The Morgan fingerprint density at radius 3 is 2.56 bits per heavy atom. The number of aryl methyl sites for hydroxylation is 1. The van der Waals surface area contributed by atoms with Crippen molar-refractivity contribution in [3.8, 4) is 0 Å². The van der Waals surface area contributed by atoms with Gasteiger partial charge in [0.2, 0.25) is 0 Å². The van der Waals surface area contributed by atoms with Crippen LogP contribution in [0.4, 0.5) is 0 Å². The van der Waals surface area contributed by atoms with Crippen LogP contribution in [0.2, 0.25) is 0 Å². The highest BCUT2D eigenvalue weighted by molar-refractivity contribution is 7.91. The van der Waals surface area contributed by atoms with Gasteiger partial charge in [-0.1, -0.05) is 24.2 Å². The SMILES string of the molecule is Cc1[nH]c(=O)sc1S(=O)(=O)NCC1(O)CCCC1. The lowest BCUT2D eigenvalue weighted by atomic mass is 10.0. The topological polar surface area (TPSA) is 99.3 Å². The van der Waals surface area contributed by atoms with E-state index in [-0.39, 0.29) is 10.8 Å². The van der Waals surface area contributed by atoms with E-state index in [1.807, 2.05) is 0 Å². The van der Waals surface area contributed by atoms with Crippen molar-refractivity contribution in [2.24, 2.45) is 0 Å². The molecule has 18 heavy (non-hydrogen) atoms. The van der Waals surface area contributed by atoms with Gasteiger partial charge in [-0.2, -0.15) is 0 Å². The first-order valence-corrected chi connectivity index (χ1v) is 8.04. The van der Waals surface area contributed by atoms with Gasteiger partial charge in [0.05, 0.1) is 5.60 Å². The smallest absolute Gasteiger partial charge is 0.305 e. The second-order valence-corrected chi connectivity index (χ2v) is 7.63. The van der Waals surface area contributed by atoms with Gasteiger partial charge in [0, 0.05) is 12.2 Å². The quantitative estimate of drug-likeness (QED) is 0.744. The molecule has 0 spiro atoms. The first-order chi connectivity index (χ1) is 8.32. The third-order valence-corrected chi connectivity index (χ3v) is 6.16. The van der Waals surface area contributed by atoms with Crippen molar-refractivity contribution < 1.29 is 13.5 Å². The van der Waals surface area contributed by atoms with Crippen LogP contribution in [0.25, 0.3) is 0 Å². The molecule has 0 bridgehead atoms. The van der Waals surface area contributed by atoms with Crippen LogP contribution in [0.3, 0.4) is 0 Å². The average Bonchev–Trinajstić information content (AvgIpc) is 2.84. The molecule has 1 aliphatic carbocycles. The minimum atomic E-state index is -3.72. The van der Waals surface area contributed by atoms with E-state index in [0.717, 1.165) is 12.8 Å². The fourth-order valence-corrected chi connectivity index (χ4v) is 4.61. The molecular weight excluding hydrogens is 276 g/mol. The van der Waals surface area contributed by atoms with Crippen molar-refractivity contribution >= 4 is 21.4 Å². The molecule has 8 heteroatoms. The van der Waals surface area contributed by atoms with Crippen molar-refractivity contribution in [2.75, 3.05) is 6.54 Å². The zero-order valence-corrected chi connectivity index (χ0v) is 11.7. The van der Waals surface area contributed by atoms with Gasteiger partial charge in [0.15, 0.2) is 4.21 Å². The number of rotatable bonds is 4. The van der Waals surface area contributed by atoms with Crippen LogP contribution >= 0.6 is 11.3 Å². The van der Waals surface area contributed by atoms with Crippen molar-refractivity contribution in [1.29, 1.82) is 0 Å². The second kappa shape index (κ2) is 4.76. The Balaban J connectivity index is 2.13. The molecule has 0 saturated heterocycles. The normalized spacial score (nSPS) is 19.2. The summed E-state index contributed by atoms with van der Waals surface area (Å²) in [5.41, 5.74) is -0.613. The van der Waals surface area contributed by atoms with Crippen molar-refractivity contribution in [3.05, 3.63) is 15.4 Å². The minimum absolute atomic E-state index is 0.000857. The Labute approximate surface area is 109 Å². The molecule has 3 N–H and O–H groups in total. The summed E-state index contributed by atoms with van der Waals surface area (Å²) in [5, 5.41) is 10.1. The lowest BCUT2D eigenvalue weighted by molar-refractivity contribution is 0.0532. The van der Waals surface area contributed by atoms with E-state index in [2.05, 4.69) is 9.71 Å². The highest BCUT2D eigenvalue weighted by atomic mass is 32.2. The molecule has 0 aromatic carbocycles. The van der Waals surface area contributed by atoms with Gasteiger partial charge in [-0.25, -0.2) is 13.1 Å². The molecule has 1 heterocycles. The number of hydrogen-bond acceptors (Lipinski definition) is 5. The number of sulfonamides is 1. The summed E-state index contributed by atoms with van der Waals surface area (Å²) in [5.74, 6) is 0. The molecule has 2 rings (SSSR count). The van der Waals surface area contributed by atoms with E-state index < -0.39 is 20.5 Å². The van der Waals surface area contributed by atoms with Crippen LogP contribution in [0.5, 0.6) is 0 Å². The Hall–Kier alpha value is -0.700. The summed E-state index contributed by atoms with van der Waals surface area (Å²) in [4.78, 5) is 13.1. The molecule has 1 saturated carbocycles. The van der Waals surface area contributed by atoms with E-state index >= 15 is 0 Å². The molecular formula is C10H16N2O4S2. The van der Waals surface area contributed by atoms with Crippen molar-refractivity contribution in [3.63, 3.8) is 0 Å². The standard InChI is InChI=1S/C10H16N2O4S2/c1-7-8(17-9(13)12-7)18(15,16)11-6-10(14)4-2-3-5-10/h11,14H,2-6H2,1H3,(H,12,13). The third-order valence-electron chi connectivity index (χ3n) is 3.15. The van der Waals surface area contributed by atoms with Crippen LogP contribution in [-0.4, -0.2) is 30.7 Å². The summed E-state index contributed by atoms with van der Waals surface area (Å²) in [7, 11) is -3.72. The lowest BCUT2D eigenvalue weighted by Crippen LogP contribution is -2.40. The van der Waals surface area contributed by atoms with Gasteiger partial charge < -0.3 is 10.1 Å². The molecule has 1 aromatic heterocycles. The fraction of sp³-hybridized carbons (Fsp3) is 0.700. The Kier molecular flexibility index (Phi) is 3.63.